The van der Waals surface area contributed by atoms with Crippen LogP contribution in [0.5, 0.6) is 0 Å². The van der Waals surface area contributed by atoms with Crippen LogP contribution in [0.25, 0.3) is 5.65 Å². The minimum absolute atomic E-state index is 0.0713. The molecule has 6 heteroatoms. The summed E-state index contributed by atoms with van der Waals surface area (Å²) < 4.78 is 1.83. The minimum atomic E-state index is -0.413. The number of amides is 1. The van der Waals surface area contributed by atoms with Crippen LogP contribution < -0.4 is 5.32 Å². The second kappa shape index (κ2) is 5.37. The van der Waals surface area contributed by atoms with Gasteiger partial charge in [0.25, 0.3) is 0 Å². The SMILES string of the molecule is C#CCCC1(CCC(=O)Nc2cnc3ccccn23)N=N1. The first kappa shape index (κ1) is 13.3. The lowest BCUT2D eigenvalue weighted by Crippen LogP contribution is -2.18. The number of rotatable bonds is 6. The third kappa shape index (κ3) is 2.92. The Bertz CT molecular complexity index is 734. The van der Waals surface area contributed by atoms with Crippen molar-refractivity contribution in [2.24, 2.45) is 10.2 Å². The normalized spacial score (nSPS) is 14.8. The number of aromatic nitrogens is 2. The van der Waals surface area contributed by atoms with Crippen LogP contribution in [0.15, 0.2) is 40.8 Å². The number of fused-ring (bicyclic) bond motifs is 1. The highest BCUT2D eigenvalue weighted by Crippen LogP contribution is 2.37. The Morgan fingerprint density at radius 1 is 1.38 bits per heavy atom. The van der Waals surface area contributed by atoms with Crippen molar-refractivity contribution < 1.29 is 4.79 Å². The van der Waals surface area contributed by atoms with Gasteiger partial charge in [-0.25, -0.2) is 4.98 Å². The minimum Gasteiger partial charge on any atom is -0.310 e. The Kier molecular flexibility index (Phi) is 3.40. The number of pyridine rings is 1. The van der Waals surface area contributed by atoms with E-state index in [4.69, 9.17) is 6.42 Å². The molecule has 0 saturated carbocycles. The van der Waals surface area contributed by atoms with Crippen molar-refractivity contribution in [3.63, 3.8) is 0 Å². The van der Waals surface area contributed by atoms with Gasteiger partial charge < -0.3 is 5.32 Å². The fraction of sp³-hybridized carbons (Fsp3) is 0.333. The molecule has 0 aliphatic carbocycles. The average molecular weight is 281 g/mol. The van der Waals surface area contributed by atoms with E-state index in [0.717, 1.165) is 5.65 Å². The van der Waals surface area contributed by atoms with E-state index in [0.29, 0.717) is 31.5 Å². The third-order valence-electron chi connectivity index (χ3n) is 3.49. The van der Waals surface area contributed by atoms with E-state index in [9.17, 15) is 4.79 Å². The molecule has 0 spiro atoms. The maximum atomic E-state index is 12.0. The van der Waals surface area contributed by atoms with E-state index >= 15 is 0 Å². The molecule has 2 aromatic rings. The number of carbonyl (C=O) groups excluding carboxylic acids is 1. The maximum Gasteiger partial charge on any atom is 0.225 e. The lowest BCUT2D eigenvalue weighted by atomic mass is 10.0. The number of hydrogen-bond acceptors (Lipinski definition) is 4. The molecule has 0 unspecified atom stereocenters. The summed E-state index contributed by atoms with van der Waals surface area (Å²) in [7, 11) is 0. The number of anilines is 1. The Labute approximate surface area is 122 Å². The number of imidazole rings is 1. The molecule has 1 aliphatic rings. The molecular weight excluding hydrogens is 266 g/mol. The van der Waals surface area contributed by atoms with Gasteiger partial charge in [-0.1, -0.05) is 6.07 Å². The van der Waals surface area contributed by atoms with E-state index in [2.05, 4.69) is 26.4 Å². The summed E-state index contributed by atoms with van der Waals surface area (Å²) >= 11 is 0. The van der Waals surface area contributed by atoms with Crippen LogP contribution in [-0.2, 0) is 4.79 Å². The van der Waals surface area contributed by atoms with Gasteiger partial charge in [0.1, 0.15) is 11.5 Å². The van der Waals surface area contributed by atoms with Crippen molar-refractivity contribution >= 4 is 17.4 Å². The van der Waals surface area contributed by atoms with Crippen molar-refractivity contribution in [3.8, 4) is 12.3 Å². The molecule has 1 N–H and O–H groups in total. The number of nitrogens with zero attached hydrogens (tertiary/aromatic N) is 4. The van der Waals surface area contributed by atoms with Crippen LogP contribution in [0.4, 0.5) is 5.82 Å². The van der Waals surface area contributed by atoms with Crippen molar-refractivity contribution in [1.82, 2.24) is 9.38 Å². The van der Waals surface area contributed by atoms with Gasteiger partial charge in [0.2, 0.25) is 5.91 Å². The van der Waals surface area contributed by atoms with Crippen LogP contribution in [0, 0.1) is 12.3 Å². The molecule has 0 fully saturated rings. The number of carbonyl (C=O) groups is 1. The summed E-state index contributed by atoms with van der Waals surface area (Å²) in [6.45, 7) is 0. The largest absolute Gasteiger partial charge is 0.310 e. The van der Waals surface area contributed by atoms with E-state index in [1.54, 1.807) is 6.20 Å². The second-order valence-corrected chi connectivity index (χ2v) is 5.01. The predicted molar refractivity (Wildman–Crippen MR) is 78.7 cm³/mol. The van der Waals surface area contributed by atoms with Crippen LogP contribution >= 0.6 is 0 Å². The molecule has 0 radical (unpaired) electrons. The lowest BCUT2D eigenvalue weighted by molar-refractivity contribution is -0.116. The summed E-state index contributed by atoms with van der Waals surface area (Å²) in [6.07, 6.45) is 11.0. The summed E-state index contributed by atoms with van der Waals surface area (Å²) in [5.74, 6) is 3.17. The zero-order valence-corrected chi connectivity index (χ0v) is 11.5. The molecule has 21 heavy (non-hydrogen) atoms. The van der Waals surface area contributed by atoms with Gasteiger partial charge in [-0.05, 0) is 12.1 Å². The van der Waals surface area contributed by atoms with Crippen LogP contribution in [-0.4, -0.2) is 21.0 Å². The first-order chi connectivity index (χ1) is 10.2. The molecule has 1 aliphatic heterocycles. The van der Waals surface area contributed by atoms with Gasteiger partial charge in [0, 0.05) is 31.9 Å². The van der Waals surface area contributed by atoms with Crippen molar-refractivity contribution in [2.45, 2.75) is 31.3 Å². The molecule has 0 saturated heterocycles. The standard InChI is InChI=1S/C15H15N5O/c1-2-3-8-15(18-19-15)9-7-14(21)17-13-11-16-12-6-4-5-10-20(12)13/h1,4-6,10-11H,3,7-9H2,(H,17,21). The highest BCUT2D eigenvalue weighted by atomic mass is 16.1. The van der Waals surface area contributed by atoms with Crippen molar-refractivity contribution in [2.75, 3.05) is 5.32 Å². The summed E-state index contributed by atoms with van der Waals surface area (Å²) in [5, 5.41) is 10.9. The second-order valence-electron chi connectivity index (χ2n) is 5.01. The molecule has 6 nitrogen and oxygen atoms in total. The van der Waals surface area contributed by atoms with E-state index in [1.165, 1.54) is 0 Å². The molecule has 3 heterocycles. The highest BCUT2D eigenvalue weighted by Gasteiger charge is 2.39. The Morgan fingerprint density at radius 3 is 3.00 bits per heavy atom. The topological polar surface area (TPSA) is 71.1 Å². The van der Waals surface area contributed by atoms with Gasteiger partial charge in [-0.15, -0.1) is 12.3 Å². The van der Waals surface area contributed by atoms with Gasteiger partial charge in [0.15, 0.2) is 5.66 Å². The number of hydrogen-bond donors (Lipinski definition) is 1. The summed E-state index contributed by atoms with van der Waals surface area (Å²) in [6, 6.07) is 5.67. The fourth-order valence-electron chi connectivity index (χ4n) is 2.21. The van der Waals surface area contributed by atoms with Gasteiger partial charge in [-0.2, -0.15) is 10.2 Å². The Hall–Kier alpha value is -2.68. The fourth-order valence-corrected chi connectivity index (χ4v) is 2.21. The van der Waals surface area contributed by atoms with Crippen LogP contribution in [0.3, 0.4) is 0 Å². The van der Waals surface area contributed by atoms with Crippen molar-refractivity contribution in [3.05, 3.63) is 30.6 Å². The Balaban J connectivity index is 1.56. The Morgan fingerprint density at radius 2 is 2.24 bits per heavy atom. The quantitative estimate of drug-likeness (QED) is 0.827. The molecule has 106 valence electrons. The average Bonchev–Trinajstić information content (AvgIpc) is 3.18. The molecule has 0 aromatic carbocycles. The first-order valence-electron chi connectivity index (χ1n) is 6.82. The van der Waals surface area contributed by atoms with E-state index in [-0.39, 0.29) is 5.91 Å². The first-order valence-corrected chi connectivity index (χ1v) is 6.82. The molecule has 3 rings (SSSR count). The molecule has 0 atom stereocenters. The molecule has 2 aromatic heterocycles. The molecular formula is C15H15N5O. The maximum absolute atomic E-state index is 12.0. The van der Waals surface area contributed by atoms with E-state index in [1.807, 2.05) is 28.8 Å². The van der Waals surface area contributed by atoms with Crippen LogP contribution in [0.1, 0.15) is 25.7 Å². The monoisotopic (exact) mass is 281 g/mol. The summed E-state index contributed by atoms with van der Waals surface area (Å²) in [4.78, 5) is 16.2. The zero-order valence-electron chi connectivity index (χ0n) is 11.5. The van der Waals surface area contributed by atoms with Crippen molar-refractivity contribution in [1.29, 1.82) is 0 Å². The molecule has 0 bridgehead atoms. The van der Waals surface area contributed by atoms with Gasteiger partial charge in [-0.3, -0.25) is 9.20 Å². The van der Waals surface area contributed by atoms with Gasteiger partial charge >= 0.3 is 0 Å². The lowest BCUT2D eigenvalue weighted by Gasteiger charge is -2.09. The smallest absolute Gasteiger partial charge is 0.225 e. The highest BCUT2D eigenvalue weighted by molar-refractivity contribution is 5.90. The van der Waals surface area contributed by atoms with Crippen LogP contribution in [0.2, 0.25) is 0 Å². The predicted octanol–water partition coefficient (Wildman–Crippen LogP) is 2.63. The summed E-state index contributed by atoms with van der Waals surface area (Å²) in [5.41, 5.74) is 0.383. The van der Waals surface area contributed by atoms with E-state index < -0.39 is 5.66 Å². The van der Waals surface area contributed by atoms with Gasteiger partial charge in [0.05, 0.1) is 6.20 Å². The molecule has 1 amide bonds. The zero-order chi connectivity index (χ0) is 14.7. The number of terminal acetylenes is 1. The third-order valence-corrected chi connectivity index (χ3v) is 3.49. The number of nitrogens with one attached hydrogen (secondary N) is 1.